The summed E-state index contributed by atoms with van der Waals surface area (Å²) in [6.45, 7) is 0. The van der Waals surface area contributed by atoms with Crippen LogP contribution in [0.3, 0.4) is 0 Å². The van der Waals surface area contributed by atoms with Crippen LogP contribution < -0.4 is 25.4 Å². The number of anilines is 2. The molecule has 3 N–H and O–H groups in total. The molecule has 12 heteroatoms. The lowest BCUT2D eigenvalue weighted by Crippen LogP contribution is -2.30. The number of carbonyl (C=O) groups excluding carboxylic acids is 3. The number of benzene rings is 5. The highest BCUT2D eigenvalue weighted by atomic mass is 35.5. The average Bonchev–Trinajstić information content (AvgIpc) is 3.65. The molecule has 1 heterocycles. The number of thioether (sulfide) groups is 1. The molecule has 5 aromatic carbocycles. The van der Waals surface area contributed by atoms with Gasteiger partial charge in [0, 0.05) is 37.7 Å². The zero-order valence-corrected chi connectivity index (χ0v) is 30.9. The fraction of sp³-hybridized carbons (Fsp3) is 0.0732. The summed E-state index contributed by atoms with van der Waals surface area (Å²) in [7, 11) is 3.05. The molecule has 0 aliphatic carbocycles. The van der Waals surface area contributed by atoms with Gasteiger partial charge in [-0.05, 0) is 66.2 Å². The van der Waals surface area contributed by atoms with E-state index < -0.39 is 17.1 Å². The van der Waals surface area contributed by atoms with Gasteiger partial charge in [0.1, 0.15) is 22.4 Å². The molecule has 0 aliphatic rings. The number of hydrogen-bond acceptors (Lipinski definition) is 8. The first-order valence-electron chi connectivity index (χ1n) is 16.3. The maximum absolute atomic E-state index is 13.9. The van der Waals surface area contributed by atoms with E-state index in [1.54, 1.807) is 72.8 Å². The Morgan fingerprint density at radius 3 is 2.28 bits per heavy atom. The monoisotopic (exact) mass is 760 g/mol. The molecule has 266 valence electrons. The van der Waals surface area contributed by atoms with Crippen LogP contribution in [0.15, 0.2) is 143 Å². The number of carbonyl (C=O) groups is 3. The molecule has 0 radical (unpaired) electrons. The summed E-state index contributed by atoms with van der Waals surface area (Å²) >= 11 is 9.01. The van der Waals surface area contributed by atoms with E-state index >= 15 is 0 Å². The molecule has 0 saturated carbocycles. The number of ether oxygens (including phenoxy) is 2. The standard InChI is InChI=1S/C41H33ClN4O5S2/c1-50-30-20-21-36(51-2)28(22-30)23-34(44-38(47)27-14-7-4-8-15-27)39(48)43-29-16-11-17-31(24-29)53-37(26-12-5-3-6-13-26)40(49)46-41-45-35(25-52-41)32-18-9-10-19-33(32)42/h3-25,37H,1-2H3,(H,43,48)(H,44,47)(H,45,46,49)/b34-23+. The summed E-state index contributed by atoms with van der Waals surface area (Å²) < 4.78 is 10.9. The second kappa shape index (κ2) is 17.6. The number of thiazole rings is 1. The van der Waals surface area contributed by atoms with E-state index in [1.807, 2.05) is 60.0 Å². The number of rotatable bonds is 13. The van der Waals surface area contributed by atoms with E-state index in [2.05, 4.69) is 20.9 Å². The highest BCUT2D eigenvalue weighted by Gasteiger charge is 2.24. The predicted molar refractivity (Wildman–Crippen MR) is 213 cm³/mol. The third-order valence-electron chi connectivity index (χ3n) is 7.84. The Hall–Kier alpha value is -5.88. The van der Waals surface area contributed by atoms with Gasteiger partial charge in [0.2, 0.25) is 5.91 Å². The third-order valence-corrected chi connectivity index (χ3v) is 10.2. The first-order valence-corrected chi connectivity index (χ1v) is 18.4. The van der Waals surface area contributed by atoms with Crippen LogP contribution in [0.2, 0.25) is 5.02 Å². The number of methoxy groups -OCH3 is 2. The number of aromatic nitrogens is 1. The second-order valence-electron chi connectivity index (χ2n) is 11.4. The zero-order valence-electron chi connectivity index (χ0n) is 28.5. The molecule has 3 amide bonds. The summed E-state index contributed by atoms with van der Waals surface area (Å²) in [5.41, 5.74) is 3.56. The molecule has 0 fully saturated rings. The summed E-state index contributed by atoms with van der Waals surface area (Å²) in [4.78, 5) is 46.3. The molecule has 0 saturated heterocycles. The van der Waals surface area contributed by atoms with Crippen LogP contribution in [0.5, 0.6) is 11.5 Å². The molecule has 6 aromatic rings. The van der Waals surface area contributed by atoms with Crippen molar-refractivity contribution in [1.29, 1.82) is 0 Å². The fourth-order valence-corrected chi connectivity index (χ4v) is 7.26. The Bertz CT molecular complexity index is 2260. The summed E-state index contributed by atoms with van der Waals surface area (Å²) in [5, 5.41) is 10.8. The normalized spacial score (nSPS) is 11.6. The lowest BCUT2D eigenvalue weighted by Gasteiger charge is -2.17. The van der Waals surface area contributed by atoms with Crippen molar-refractivity contribution in [1.82, 2.24) is 10.3 Å². The molecule has 1 atom stereocenters. The molecule has 1 aromatic heterocycles. The zero-order chi connectivity index (χ0) is 37.2. The van der Waals surface area contributed by atoms with Gasteiger partial charge in [-0.1, -0.05) is 84.4 Å². The lowest BCUT2D eigenvalue weighted by atomic mass is 10.1. The molecule has 1 unspecified atom stereocenters. The minimum Gasteiger partial charge on any atom is -0.497 e. The second-order valence-corrected chi connectivity index (χ2v) is 13.8. The highest BCUT2D eigenvalue weighted by molar-refractivity contribution is 8.00. The summed E-state index contributed by atoms with van der Waals surface area (Å²) in [6, 6.07) is 37.7. The topological polar surface area (TPSA) is 119 Å². The van der Waals surface area contributed by atoms with E-state index in [4.69, 9.17) is 21.1 Å². The van der Waals surface area contributed by atoms with Crippen molar-refractivity contribution >= 4 is 69.3 Å². The maximum atomic E-state index is 13.9. The van der Waals surface area contributed by atoms with Gasteiger partial charge in [0.25, 0.3) is 11.8 Å². The Morgan fingerprint density at radius 2 is 1.55 bits per heavy atom. The Kier molecular flexibility index (Phi) is 12.2. The van der Waals surface area contributed by atoms with E-state index in [-0.39, 0.29) is 11.6 Å². The SMILES string of the molecule is COc1ccc(OC)c(/C=C(/NC(=O)c2ccccc2)C(=O)Nc2cccc(SC(C(=O)Nc3nc(-c4ccccc4Cl)cs3)c3ccccc3)c2)c1. The molecule has 0 bridgehead atoms. The van der Waals surface area contributed by atoms with Crippen molar-refractivity contribution in [2.24, 2.45) is 0 Å². The van der Waals surface area contributed by atoms with Crippen LogP contribution in [-0.4, -0.2) is 36.9 Å². The first-order chi connectivity index (χ1) is 25.8. The van der Waals surface area contributed by atoms with Crippen molar-refractivity contribution in [3.8, 4) is 22.8 Å². The van der Waals surface area contributed by atoms with Gasteiger partial charge in [-0.15, -0.1) is 23.1 Å². The fourth-order valence-electron chi connectivity index (χ4n) is 5.23. The van der Waals surface area contributed by atoms with Gasteiger partial charge in [-0.3, -0.25) is 14.4 Å². The van der Waals surface area contributed by atoms with Gasteiger partial charge < -0.3 is 25.4 Å². The largest absolute Gasteiger partial charge is 0.497 e. The van der Waals surface area contributed by atoms with Crippen molar-refractivity contribution in [2.75, 3.05) is 24.9 Å². The van der Waals surface area contributed by atoms with Crippen LogP contribution in [0.1, 0.15) is 26.7 Å². The molecule has 9 nitrogen and oxygen atoms in total. The summed E-state index contributed by atoms with van der Waals surface area (Å²) in [5.74, 6) is -0.280. The van der Waals surface area contributed by atoms with E-state index in [9.17, 15) is 14.4 Å². The van der Waals surface area contributed by atoms with Gasteiger partial charge in [0.15, 0.2) is 5.13 Å². The minimum atomic E-state index is -0.657. The van der Waals surface area contributed by atoms with Gasteiger partial charge in [-0.2, -0.15) is 0 Å². The van der Waals surface area contributed by atoms with Gasteiger partial charge >= 0.3 is 0 Å². The van der Waals surface area contributed by atoms with E-state index in [1.165, 1.54) is 43.4 Å². The van der Waals surface area contributed by atoms with Crippen LogP contribution >= 0.6 is 34.7 Å². The van der Waals surface area contributed by atoms with Crippen molar-refractivity contribution in [2.45, 2.75) is 10.1 Å². The quantitative estimate of drug-likeness (QED) is 0.0793. The van der Waals surface area contributed by atoms with Crippen LogP contribution in [-0.2, 0) is 9.59 Å². The van der Waals surface area contributed by atoms with Crippen molar-refractivity contribution in [3.63, 3.8) is 0 Å². The van der Waals surface area contributed by atoms with Crippen molar-refractivity contribution in [3.05, 3.63) is 160 Å². The number of nitrogens with one attached hydrogen (secondary N) is 3. The Balaban J connectivity index is 1.24. The van der Waals surface area contributed by atoms with Crippen LogP contribution in [0.4, 0.5) is 10.8 Å². The van der Waals surface area contributed by atoms with Gasteiger partial charge in [0.05, 0.1) is 19.9 Å². The molecule has 6 rings (SSSR count). The number of hydrogen-bond donors (Lipinski definition) is 3. The minimum absolute atomic E-state index is 0.0235. The number of halogens is 1. The molecular formula is C41H33ClN4O5S2. The van der Waals surface area contributed by atoms with E-state index in [0.29, 0.717) is 44.2 Å². The Morgan fingerprint density at radius 1 is 0.811 bits per heavy atom. The molecule has 0 spiro atoms. The number of nitrogens with zero attached hydrogens (tertiary/aromatic N) is 1. The molecule has 0 aliphatic heterocycles. The average molecular weight is 761 g/mol. The van der Waals surface area contributed by atoms with Crippen LogP contribution in [0.25, 0.3) is 17.3 Å². The van der Waals surface area contributed by atoms with E-state index in [0.717, 1.165) is 16.0 Å². The number of amides is 3. The third kappa shape index (κ3) is 9.52. The maximum Gasteiger partial charge on any atom is 0.272 e. The smallest absolute Gasteiger partial charge is 0.272 e. The Labute approximate surface area is 320 Å². The summed E-state index contributed by atoms with van der Waals surface area (Å²) in [6.07, 6.45) is 1.53. The van der Waals surface area contributed by atoms with Crippen LogP contribution in [0, 0.1) is 0 Å². The molecular weight excluding hydrogens is 728 g/mol. The first kappa shape index (κ1) is 36.9. The predicted octanol–water partition coefficient (Wildman–Crippen LogP) is 9.36. The lowest BCUT2D eigenvalue weighted by molar-refractivity contribution is -0.116. The van der Waals surface area contributed by atoms with Gasteiger partial charge in [-0.25, -0.2) is 4.98 Å². The highest BCUT2D eigenvalue weighted by Crippen LogP contribution is 2.38. The van der Waals surface area contributed by atoms with Crippen molar-refractivity contribution < 1.29 is 23.9 Å². The molecule has 53 heavy (non-hydrogen) atoms.